The highest BCUT2D eigenvalue weighted by molar-refractivity contribution is 4.86. The van der Waals surface area contributed by atoms with Crippen LogP contribution in [0.15, 0.2) is 0 Å². The van der Waals surface area contributed by atoms with E-state index in [1.807, 2.05) is 0 Å². The van der Waals surface area contributed by atoms with Crippen molar-refractivity contribution in [3.05, 3.63) is 0 Å². The molecule has 0 spiro atoms. The molecule has 0 N–H and O–H groups in total. The van der Waals surface area contributed by atoms with E-state index in [-0.39, 0.29) is 0 Å². The molecule has 0 amide bonds. The van der Waals surface area contributed by atoms with Crippen molar-refractivity contribution in [3.63, 3.8) is 0 Å². The van der Waals surface area contributed by atoms with E-state index in [4.69, 9.17) is 0 Å². The zero-order valence-electron chi connectivity index (χ0n) is 9.01. The van der Waals surface area contributed by atoms with Crippen LogP contribution in [-0.2, 0) is 0 Å². The van der Waals surface area contributed by atoms with Crippen molar-refractivity contribution in [1.29, 1.82) is 0 Å². The van der Waals surface area contributed by atoms with Gasteiger partial charge in [0.15, 0.2) is 0 Å². The Kier molecular flexibility index (Phi) is 3.57. The van der Waals surface area contributed by atoms with E-state index >= 15 is 0 Å². The highest BCUT2D eigenvalue weighted by Crippen LogP contribution is 2.35. The average molecular weight is 169 g/mol. The standard InChI is InChI=1S/C11H23N/c1-5-6-10-7-9(2)8-11(10)12(3)4/h9-11H,5-8H2,1-4H3. The normalized spacial score (nSPS) is 36.2. The lowest BCUT2D eigenvalue weighted by atomic mass is 9.97. The van der Waals surface area contributed by atoms with Crippen LogP contribution in [0.5, 0.6) is 0 Å². The maximum absolute atomic E-state index is 2.42. The first-order valence-electron chi connectivity index (χ1n) is 5.31. The van der Waals surface area contributed by atoms with E-state index in [1.54, 1.807) is 0 Å². The van der Waals surface area contributed by atoms with Crippen LogP contribution in [-0.4, -0.2) is 25.0 Å². The number of rotatable bonds is 3. The lowest BCUT2D eigenvalue weighted by Crippen LogP contribution is -2.31. The molecule has 1 aliphatic rings. The van der Waals surface area contributed by atoms with E-state index in [0.29, 0.717) is 0 Å². The predicted octanol–water partition coefficient (Wildman–Crippen LogP) is 2.76. The first kappa shape index (κ1) is 10.0. The van der Waals surface area contributed by atoms with Crippen molar-refractivity contribution in [2.24, 2.45) is 11.8 Å². The quantitative estimate of drug-likeness (QED) is 0.628. The molecule has 0 aromatic rings. The molecule has 0 aliphatic heterocycles. The van der Waals surface area contributed by atoms with Gasteiger partial charge < -0.3 is 4.90 Å². The molecule has 12 heavy (non-hydrogen) atoms. The molecule has 3 unspecified atom stereocenters. The molecule has 0 saturated heterocycles. The summed E-state index contributed by atoms with van der Waals surface area (Å²) >= 11 is 0. The summed E-state index contributed by atoms with van der Waals surface area (Å²) in [6.45, 7) is 4.70. The van der Waals surface area contributed by atoms with Crippen molar-refractivity contribution >= 4 is 0 Å². The fraction of sp³-hybridized carbons (Fsp3) is 1.00. The summed E-state index contributed by atoms with van der Waals surface area (Å²) in [5.74, 6) is 1.92. The van der Waals surface area contributed by atoms with Gasteiger partial charge in [0.1, 0.15) is 0 Å². The minimum atomic E-state index is 0.861. The minimum absolute atomic E-state index is 0.861. The molecule has 1 heteroatoms. The topological polar surface area (TPSA) is 3.24 Å². The molecule has 1 fully saturated rings. The van der Waals surface area contributed by atoms with Gasteiger partial charge in [0.05, 0.1) is 0 Å². The van der Waals surface area contributed by atoms with E-state index in [9.17, 15) is 0 Å². The van der Waals surface area contributed by atoms with Gasteiger partial charge >= 0.3 is 0 Å². The summed E-state index contributed by atoms with van der Waals surface area (Å²) < 4.78 is 0. The van der Waals surface area contributed by atoms with Crippen LogP contribution in [0, 0.1) is 11.8 Å². The molecule has 3 atom stereocenters. The lowest BCUT2D eigenvalue weighted by molar-refractivity contribution is 0.228. The second kappa shape index (κ2) is 4.27. The first-order valence-corrected chi connectivity index (χ1v) is 5.31. The van der Waals surface area contributed by atoms with Gasteiger partial charge in [-0.3, -0.25) is 0 Å². The Morgan fingerprint density at radius 2 is 1.92 bits per heavy atom. The third-order valence-electron chi connectivity index (χ3n) is 3.22. The van der Waals surface area contributed by atoms with Gasteiger partial charge in [-0.15, -0.1) is 0 Å². The van der Waals surface area contributed by atoms with Gasteiger partial charge in [-0.1, -0.05) is 20.3 Å². The molecule has 0 radical (unpaired) electrons. The summed E-state index contributed by atoms with van der Waals surface area (Å²) in [4.78, 5) is 2.42. The van der Waals surface area contributed by atoms with Crippen molar-refractivity contribution in [1.82, 2.24) is 4.90 Å². The predicted molar refractivity (Wildman–Crippen MR) is 54.3 cm³/mol. The molecule has 0 aromatic carbocycles. The highest BCUT2D eigenvalue weighted by Gasteiger charge is 2.32. The zero-order valence-corrected chi connectivity index (χ0v) is 9.01. The Morgan fingerprint density at radius 3 is 2.42 bits per heavy atom. The van der Waals surface area contributed by atoms with E-state index in [0.717, 1.165) is 17.9 Å². The van der Waals surface area contributed by atoms with Crippen LogP contribution >= 0.6 is 0 Å². The second-order valence-electron chi connectivity index (χ2n) is 4.66. The zero-order chi connectivity index (χ0) is 9.14. The van der Waals surface area contributed by atoms with Crippen LogP contribution in [0.4, 0.5) is 0 Å². The fourth-order valence-corrected chi connectivity index (χ4v) is 2.69. The largest absolute Gasteiger partial charge is 0.306 e. The Hall–Kier alpha value is -0.0400. The number of hydrogen-bond donors (Lipinski definition) is 0. The van der Waals surface area contributed by atoms with Gasteiger partial charge in [-0.05, 0) is 45.2 Å². The monoisotopic (exact) mass is 169 g/mol. The van der Waals surface area contributed by atoms with Crippen LogP contribution in [0.3, 0.4) is 0 Å². The molecular formula is C11H23N. The van der Waals surface area contributed by atoms with Gasteiger partial charge in [0, 0.05) is 6.04 Å². The number of nitrogens with zero attached hydrogens (tertiary/aromatic N) is 1. The van der Waals surface area contributed by atoms with Crippen molar-refractivity contribution in [2.45, 2.75) is 45.6 Å². The molecule has 72 valence electrons. The Bertz CT molecular complexity index is 131. The van der Waals surface area contributed by atoms with Crippen molar-refractivity contribution < 1.29 is 0 Å². The fourth-order valence-electron chi connectivity index (χ4n) is 2.69. The van der Waals surface area contributed by atoms with E-state index in [2.05, 4.69) is 32.8 Å². The molecule has 0 heterocycles. The molecule has 0 bridgehead atoms. The van der Waals surface area contributed by atoms with Crippen LogP contribution in [0.1, 0.15) is 39.5 Å². The lowest BCUT2D eigenvalue weighted by Gasteiger charge is -2.25. The minimum Gasteiger partial charge on any atom is -0.306 e. The molecular weight excluding hydrogens is 146 g/mol. The van der Waals surface area contributed by atoms with Crippen molar-refractivity contribution in [2.75, 3.05) is 14.1 Å². The molecule has 1 nitrogen and oxygen atoms in total. The summed E-state index contributed by atoms with van der Waals surface area (Å²) in [7, 11) is 4.46. The first-order chi connectivity index (χ1) is 5.65. The number of hydrogen-bond acceptors (Lipinski definition) is 1. The molecule has 1 saturated carbocycles. The third-order valence-corrected chi connectivity index (χ3v) is 3.22. The summed E-state index contributed by atoms with van der Waals surface area (Å²) in [6, 6.07) is 0.861. The summed E-state index contributed by atoms with van der Waals surface area (Å²) in [6.07, 6.45) is 5.64. The van der Waals surface area contributed by atoms with Crippen molar-refractivity contribution in [3.8, 4) is 0 Å². The average Bonchev–Trinajstić information content (AvgIpc) is 2.32. The second-order valence-corrected chi connectivity index (χ2v) is 4.66. The van der Waals surface area contributed by atoms with Crippen LogP contribution in [0.25, 0.3) is 0 Å². The van der Waals surface area contributed by atoms with Gasteiger partial charge in [0.2, 0.25) is 0 Å². The SMILES string of the molecule is CCCC1CC(C)CC1N(C)C. The molecule has 1 rings (SSSR count). The summed E-state index contributed by atoms with van der Waals surface area (Å²) in [5, 5.41) is 0. The van der Waals surface area contributed by atoms with Gasteiger partial charge in [-0.25, -0.2) is 0 Å². The Labute approximate surface area is 77.1 Å². The smallest absolute Gasteiger partial charge is 0.0120 e. The maximum Gasteiger partial charge on any atom is 0.0120 e. The Morgan fingerprint density at radius 1 is 1.25 bits per heavy atom. The van der Waals surface area contributed by atoms with E-state index < -0.39 is 0 Å². The van der Waals surface area contributed by atoms with Crippen LogP contribution < -0.4 is 0 Å². The van der Waals surface area contributed by atoms with Gasteiger partial charge in [0.25, 0.3) is 0 Å². The Balaban J connectivity index is 2.47. The van der Waals surface area contributed by atoms with Crippen LogP contribution in [0.2, 0.25) is 0 Å². The highest BCUT2D eigenvalue weighted by atomic mass is 15.1. The van der Waals surface area contributed by atoms with E-state index in [1.165, 1.54) is 25.7 Å². The third kappa shape index (κ3) is 2.22. The molecule has 0 aromatic heterocycles. The summed E-state index contributed by atoms with van der Waals surface area (Å²) in [5.41, 5.74) is 0. The maximum atomic E-state index is 2.42. The van der Waals surface area contributed by atoms with Gasteiger partial charge in [-0.2, -0.15) is 0 Å². The molecule has 1 aliphatic carbocycles.